The average Bonchev–Trinajstić information content (AvgIpc) is 2.39. The average molecular weight is 362 g/mol. The number of halogens is 4. The molecule has 0 saturated heterocycles. The standard InChI is InChI=1S/C10H10FS2.CHF3O3S/c11-9-4-2-8(3-5-9)10-12-6-1-7-13-10;2-1(3,4)8(5,6)7/h2-5H,1,6-7H2;(H,5,6,7)/q+1;/p-1. The van der Waals surface area contributed by atoms with E-state index in [-0.39, 0.29) is 5.82 Å². The summed E-state index contributed by atoms with van der Waals surface area (Å²) in [5.41, 5.74) is -4.48. The molecule has 1 aliphatic heterocycles. The molecule has 0 aromatic heterocycles. The van der Waals surface area contributed by atoms with Crippen molar-refractivity contribution < 1.29 is 30.5 Å². The van der Waals surface area contributed by atoms with Crippen molar-refractivity contribution in [1.29, 1.82) is 0 Å². The molecule has 1 heterocycles. The zero-order chi connectivity index (χ0) is 16.1. The van der Waals surface area contributed by atoms with Gasteiger partial charge >= 0.3 is 5.51 Å². The summed E-state index contributed by atoms with van der Waals surface area (Å²) >= 11 is 3.76. The van der Waals surface area contributed by atoms with Crippen molar-refractivity contribution in [2.24, 2.45) is 0 Å². The van der Waals surface area contributed by atoms with Gasteiger partial charge in [0.1, 0.15) is 5.82 Å². The normalized spacial score (nSPS) is 15.8. The summed E-state index contributed by atoms with van der Waals surface area (Å²) in [4.78, 5) is 0. The van der Waals surface area contributed by atoms with E-state index in [9.17, 15) is 17.6 Å². The fraction of sp³-hybridized carbons (Fsp3) is 0.364. The fourth-order valence-electron chi connectivity index (χ4n) is 1.18. The lowest BCUT2D eigenvalue weighted by atomic mass is 10.2. The van der Waals surface area contributed by atoms with Gasteiger partial charge < -0.3 is 4.55 Å². The summed E-state index contributed by atoms with van der Waals surface area (Å²) in [5.74, 6) is 2.23. The van der Waals surface area contributed by atoms with E-state index in [2.05, 4.69) is 0 Å². The second kappa shape index (κ2) is 7.52. The Bertz CT molecular complexity index is 594. The molecule has 1 aromatic carbocycles. The summed E-state index contributed by atoms with van der Waals surface area (Å²) in [7, 11) is -6.09. The molecule has 1 aliphatic rings. The molecule has 0 fully saturated rings. The Morgan fingerprint density at radius 1 is 1.19 bits per heavy atom. The quantitative estimate of drug-likeness (QED) is 0.253. The molecule has 3 nitrogen and oxygen atoms in total. The van der Waals surface area contributed by atoms with Crippen LogP contribution in [0, 0.1) is 5.82 Å². The van der Waals surface area contributed by atoms with Gasteiger partial charge in [-0.2, -0.15) is 13.2 Å². The first-order valence-electron chi connectivity index (χ1n) is 5.52. The third-order valence-corrected chi connectivity index (χ3v) is 5.37. The van der Waals surface area contributed by atoms with Crippen molar-refractivity contribution in [3.63, 3.8) is 0 Å². The number of benzene rings is 1. The first-order chi connectivity index (χ1) is 9.61. The lowest BCUT2D eigenvalue weighted by molar-refractivity contribution is -0.0517. The molecule has 1 aromatic rings. The molecule has 0 atom stereocenters. The van der Waals surface area contributed by atoms with Crippen LogP contribution in [0.2, 0.25) is 0 Å². The van der Waals surface area contributed by atoms with Crippen molar-refractivity contribution in [3.8, 4) is 0 Å². The van der Waals surface area contributed by atoms with Crippen LogP contribution in [0.3, 0.4) is 0 Å². The molecule has 118 valence electrons. The van der Waals surface area contributed by atoms with Gasteiger partial charge in [0.05, 0.1) is 0 Å². The minimum absolute atomic E-state index is 0.157. The van der Waals surface area contributed by atoms with E-state index in [0.29, 0.717) is 0 Å². The lowest BCUT2D eigenvalue weighted by Crippen LogP contribution is -2.21. The van der Waals surface area contributed by atoms with E-state index in [0.717, 1.165) is 5.56 Å². The first-order valence-corrected chi connectivity index (χ1v) is 8.90. The maximum atomic E-state index is 12.6. The number of alkyl halides is 3. The second-order valence-electron chi connectivity index (χ2n) is 3.74. The van der Waals surface area contributed by atoms with Gasteiger partial charge in [-0.25, -0.2) is 12.8 Å². The summed E-state index contributed by atoms with van der Waals surface area (Å²) in [6.07, 6.45) is 1.28. The zero-order valence-corrected chi connectivity index (χ0v) is 12.8. The number of rotatable bonds is 1. The Balaban J connectivity index is 0.000000240. The summed E-state index contributed by atoms with van der Waals surface area (Å²) < 4.78 is 72.9. The minimum Gasteiger partial charge on any atom is -0.741 e. The van der Waals surface area contributed by atoms with E-state index in [4.69, 9.17) is 13.0 Å². The molecule has 2 rings (SSSR count). The van der Waals surface area contributed by atoms with Gasteiger partial charge in [-0.05, 0) is 24.3 Å². The second-order valence-corrected chi connectivity index (χ2v) is 7.58. The third kappa shape index (κ3) is 6.29. The Hall–Kier alpha value is -0.710. The molecule has 10 heteroatoms. The maximum Gasteiger partial charge on any atom is 0.485 e. The SMILES string of the molecule is Fc1ccc(C2=[S+]CCCS2)cc1.O=S(=O)([O-])C(F)(F)F. The van der Waals surface area contributed by atoms with Crippen LogP contribution >= 0.6 is 11.8 Å². The van der Waals surface area contributed by atoms with E-state index in [1.54, 1.807) is 0 Å². The van der Waals surface area contributed by atoms with Gasteiger partial charge in [-0.3, -0.25) is 0 Å². The van der Waals surface area contributed by atoms with E-state index >= 15 is 0 Å². The predicted molar refractivity (Wildman–Crippen MR) is 75.6 cm³/mol. The Morgan fingerprint density at radius 2 is 1.71 bits per heavy atom. The Morgan fingerprint density at radius 3 is 2.10 bits per heavy atom. The van der Waals surface area contributed by atoms with Crippen molar-refractivity contribution >= 4 is 37.4 Å². The Labute approximate surface area is 127 Å². The van der Waals surface area contributed by atoms with Gasteiger partial charge in [0.25, 0.3) is 4.20 Å². The van der Waals surface area contributed by atoms with Gasteiger partial charge in [-0.1, -0.05) is 11.8 Å². The van der Waals surface area contributed by atoms with Crippen molar-refractivity contribution in [3.05, 3.63) is 35.6 Å². The number of thioether (sulfide) groups is 1. The van der Waals surface area contributed by atoms with Crippen LogP contribution in [0.1, 0.15) is 12.0 Å². The molecular weight excluding hydrogens is 352 g/mol. The van der Waals surface area contributed by atoms with Crippen LogP contribution < -0.4 is 0 Å². The summed E-state index contributed by atoms with van der Waals surface area (Å²) in [6.45, 7) is 0. The first kappa shape index (κ1) is 18.3. The largest absolute Gasteiger partial charge is 0.741 e. The Kier molecular flexibility index (Phi) is 6.57. The number of hydrogen-bond acceptors (Lipinski definition) is 4. The zero-order valence-electron chi connectivity index (χ0n) is 10.4. The van der Waals surface area contributed by atoms with Gasteiger partial charge in [0.2, 0.25) is 0 Å². The molecule has 0 radical (unpaired) electrons. The van der Waals surface area contributed by atoms with E-state index in [1.165, 1.54) is 34.3 Å². The van der Waals surface area contributed by atoms with Crippen LogP contribution in [-0.4, -0.2) is 34.2 Å². The summed E-state index contributed by atoms with van der Waals surface area (Å²) in [6, 6.07) is 6.77. The monoisotopic (exact) mass is 362 g/mol. The van der Waals surface area contributed by atoms with Gasteiger partial charge in [-0.15, -0.1) is 0 Å². The highest BCUT2D eigenvalue weighted by Gasteiger charge is 2.36. The highest BCUT2D eigenvalue weighted by Crippen LogP contribution is 2.20. The molecule has 0 amide bonds. The molecule has 0 spiro atoms. The maximum absolute atomic E-state index is 12.6. The van der Waals surface area contributed by atoms with Crippen LogP contribution in [0.15, 0.2) is 24.3 Å². The highest BCUT2D eigenvalue weighted by molar-refractivity contribution is 8.23. The topological polar surface area (TPSA) is 57.2 Å². The van der Waals surface area contributed by atoms with Crippen LogP contribution in [0.5, 0.6) is 0 Å². The van der Waals surface area contributed by atoms with Crippen LogP contribution in [-0.2, 0) is 21.5 Å². The molecule has 0 aliphatic carbocycles. The highest BCUT2D eigenvalue weighted by atomic mass is 32.2. The van der Waals surface area contributed by atoms with Gasteiger partial charge in [0, 0.05) is 17.7 Å². The number of hydrogen-bond donors (Lipinski definition) is 0. The predicted octanol–water partition coefficient (Wildman–Crippen LogP) is 2.57. The van der Waals surface area contributed by atoms with E-state index < -0.39 is 15.6 Å². The van der Waals surface area contributed by atoms with Crippen LogP contribution in [0.4, 0.5) is 17.6 Å². The fourth-order valence-corrected chi connectivity index (χ4v) is 3.75. The molecule has 0 unspecified atom stereocenters. The third-order valence-electron chi connectivity index (χ3n) is 2.12. The smallest absolute Gasteiger partial charge is 0.485 e. The van der Waals surface area contributed by atoms with Gasteiger partial charge in [0.15, 0.2) is 27.2 Å². The minimum atomic E-state index is -6.09. The van der Waals surface area contributed by atoms with E-state index in [1.807, 2.05) is 35.2 Å². The van der Waals surface area contributed by atoms with Crippen molar-refractivity contribution in [2.45, 2.75) is 11.9 Å². The summed E-state index contributed by atoms with van der Waals surface area (Å²) in [5, 5.41) is 0. The molecule has 0 saturated carbocycles. The molecular formula is C11H10F4O3S3. The molecule has 21 heavy (non-hydrogen) atoms. The molecule has 0 N–H and O–H groups in total. The van der Waals surface area contributed by atoms with Crippen molar-refractivity contribution in [2.75, 3.05) is 11.5 Å². The lowest BCUT2D eigenvalue weighted by Gasteiger charge is -2.08. The molecule has 0 bridgehead atoms. The van der Waals surface area contributed by atoms with Crippen LogP contribution in [0.25, 0.3) is 0 Å². The van der Waals surface area contributed by atoms with Crippen molar-refractivity contribution in [1.82, 2.24) is 0 Å².